The number of carboxylic acids is 2. The Kier molecular flexibility index (Phi) is 9.65. The summed E-state index contributed by atoms with van der Waals surface area (Å²) in [5, 5.41) is 18.9. The molecule has 0 radical (unpaired) electrons. The third kappa shape index (κ3) is 6.72. The minimum absolute atomic E-state index is 0.0372. The van der Waals surface area contributed by atoms with E-state index in [0.29, 0.717) is 12.0 Å². The van der Waals surface area contributed by atoms with Gasteiger partial charge in [0.15, 0.2) is 0 Å². The van der Waals surface area contributed by atoms with E-state index < -0.39 is 36.5 Å². The molecule has 0 spiro atoms. The van der Waals surface area contributed by atoms with E-state index in [1.807, 2.05) is 18.2 Å². The van der Waals surface area contributed by atoms with Crippen molar-refractivity contribution in [3.63, 3.8) is 0 Å². The SMILES string of the molecule is O=C(O)CN1C(=O)/C(=c2\s/c(=C/c3ccc4c(c3)C3CCC[C@H]3N4c3ccc(C=C(c4ccccc4)c4ccccc4)cc3)c(=O)n2CC(=O)O)SC1=S. The molecule has 54 heavy (non-hydrogen) atoms. The number of aromatic nitrogens is 1. The van der Waals surface area contributed by atoms with E-state index in [-0.39, 0.29) is 18.4 Å². The van der Waals surface area contributed by atoms with Gasteiger partial charge >= 0.3 is 11.9 Å². The Balaban J connectivity index is 1.14. The molecule has 0 bridgehead atoms. The van der Waals surface area contributed by atoms with Crippen molar-refractivity contribution in [2.45, 2.75) is 37.8 Å². The van der Waals surface area contributed by atoms with Crippen LogP contribution in [0, 0.1) is 0 Å². The van der Waals surface area contributed by atoms with Gasteiger partial charge in [0, 0.05) is 23.3 Å². The average molecular weight is 772 g/mol. The van der Waals surface area contributed by atoms with Crippen LogP contribution in [0.3, 0.4) is 0 Å². The normalized spacial score (nSPS) is 18.9. The Hall–Kier alpha value is -5.56. The molecule has 5 aromatic rings. The number of nitrogens with zero attached hydrogens (tertiary/aromatic N) is 3. The van der Waals surface area contributed by atoms with Crippen LogP contribution in [0.25, 0.3) is 22.6 Å². The van der Waals surface area contributed by atoms with Crippen LogP contribution in [-0.4, -0.2) is 54.4 Å². The van der Waals surface area contributed by atoms with E-state index in [0.717, 1.165) is 91.0 Å². The van der Waals surface area contributed by atoms with Crippen molar-refractivity contribution in [1.29, 1.82) is 0 Å². The Bertz CT molecular complexity index is 2500. The van der Waals surface area contributed by atoms with Gasteiger partial charge in [0.25, 0.3) is 11.5 Å². The van der Waals surface area contributed by atoms with Crippen LogP contribution in [0.1, 0.15) is 53.0 Å². The molecular weight excluding hydrogens is 739 g/mol. The Morgan fingerprint density at radius 1 is 0.815 bits per heavy atom. The zero-order valence-corrected chi connectivity index (χ0v) is 31.2. The van der Waals surface area contributed by atoms with Crippen LogP contribution in [-0.2, 0) is 20.9 Å². The summed E-state index contributed by atoms with van der Waals surface area (Å²) in [5.41, 5.74) is 8.26. The minimum Gasteiger partial charge on any atom is -0.480 e. The smallest absolute Gasteiger partial charge is 0.323 e. The number of rotatable bonds is 9. The van der Waals surface area contributed by atoms with Crippen LogP contribution in [0.4, 0.5) is 11.4 Å². The number of carbonyl (C=O) groups is 3. The standard InChI is InChI=1S/C42H33N3O6S3/c46-36(47)23-43-39(50)35(53-41(43)38-40(51)44(24-37(48)49)42(52)54-38)22-26-16-19-34-32(21-26)30-12-7-13-33(30)45(34)29-17-14-25(15-18-29)20-31(27-8-3-1-4-9-27)28-10-5-2-6-11-28/h1-6,8-11,14-22,30,33H,7,12-13,23-24H2,(H,46,47)(H,48,49)/b35-22+,41-38+/t30?,33-/m1/s1. The van der Waals surface area contributed by atoms with Gasteiger partial charge in [-0.3, -0.25) is 28.6 Å². The molecule has 1 saturated carbocycles. The average Bonchev–Trinajstić information content (AvgIpc) is 3.91. The van der Waals surface area contributed by atoms with Crippen LogP contribution < -0.4 is 19.7 Å². The maximum atomic E-state index is 13.6. The first-order valence-electron chi connectivity index (χ1n) is 17.4. The van der Waals surface area contributed by atoms with Gasteiger partial charge in [0.2, 0.25) is 0 Å². The quantitative estimate of drug-likeness (QED) is 0.132. The Morgan fingerprint density at radius 2 is 1.46 bits per heavy atom. The van der Waals surface area contributed by atoms with E-state index in [1.54, 1.807) is 6.08 Å². The highest BCUT2D eigenvalue weighted by molar-refractivity contribution is 8.30. The van der Waals surface area contributed by atoms with Crippen LogP contribution in [0.2, 0.25) is 0 Å². The molecule has 1 saturated heterocycles. The number of thiocarbonyl (C=S) groups is 1. The second kappa shape index (κ2) is 14.7. The molecule has 12 heteroatoms. The van der Waals surface area contributed by atoms with Gasteiger partial charge in [-0.1, -0.05) is 109 Å². The summed E-state index contributed by atoms with van der Waals surface area (Å²) in [5.74, 6) is -2.82. The maximum Gasteiger partial charge on any atom is 0.323 e. The number of aliphatic carboxylic acids is 2. The number of carboxylic acid groups (broad SMARTS) is 2. The molecule has 1 aromatic heterocycles. The first-order valence-corrected chi connectivity index (χ1v) is 19.5. The second-order valence-electron chi connectivity index (χ2n) is 13.4. The molecule has 270 valence electrons. The first kappa shape index (κ1) is 35.5. The van der Waals surface area contributed by atoms with Crippen molar-refractivity contribution < 1.29 is 24.6 Å². The second-order valence-corrected chi connectivity index (χ2v) is 16.0. The molecule has 3 heterocycles. The number of benzene rings is 4. The number of amides is 1. The van der Waals surface area contributed by atoms with Gasteiger partial charge in [-0.2, -0.15) is 0 Å². The first-order chi connectivity index (χ1) is 26.2. The molecule has 1 aliphatic carbocycles. The fourth-order valence-corrected chi connectivity index (χ4v) is 10.2. The lowest BCUT2D eigenvalue weighted by Crippen LogP contribution is -2.36. The molecule has 2 aliphatic heterocycles. The van der Waals surface area contributed by atoms with Crippen molar-refractivity contribution in [2.75, 3.05) is 11.4 Å². The van der Waals surface area contributed by atoms with Crippen LogP contribution in [0.5, 0.6) is 0 Å². The van der Waals surface area contributed by atoms with Crippen molar-refractivity contribution in [2.24, 2.45) is 0 Å². The van der Waals surface area contributed by atoms with Crippen molar-refractivity contribution in [3.8, 4) is 0 Å². The topological polar surface area (TPSA) is 120 Å². The van der Waals surface area contributed by atoms with E-state index in [9.17, 15) is 29.4 Å². The van der Waals surface area contributed by atoms with Crippen molar-refractivity contribution in [1.82, 2.24) is 9.47 Å². The zero-order chi connectivity index (χ0) is 37.5. The van der Waals surface area contributed by atoms with Gasteiger partial charge < -0.3 is 15.1 Å². The number of carbonyl (C=O) groups excluding carboxylic acids is 1. The molecule has 2 N–H and O–H groups in total. The molecule has 1 unspecified atom stereocenters. The Morgan fingerprint density at radius 3 is 2.11 bits per heavy atom. The summed E-state index contributed by atoms with van der Waals surface area (Å²) in [6.07, 6.45) is 7.18. The molecule has 2 atom stereocenters. The fourth-order valence-electron chi connectivity index (χ4n) is 7.68. The predicted molar refractivity (Wildman–Crippen MR) is 217 cm³/mol. The monoisotopic (exact) mass is 771 g/mol. The lowest BCUT2D eigenvalue weighted by molar-refractivity contribution is -0.140. The van der Waals surface area contributed by atoms with Gasteiger partial charge in [-0.05, 0) is 82.6 Å². The van der Waals surface area contributed by atoms with Gasteiger partial charge in [-0.15, -0.1) is 11.3 Å². The highest BCUT2D eigenvalue weighted by atomic mass is 32.2. The molecule has 4 aromatic carbocycles. The summed E-state index contributed by atoms with van der Waals surface area (Å²) in [7, 11) is 0. The van der Waals surface area contributed by atoms with Crippen LogP contribution in [0.15, 0.2) is 108 Å². The number of hydrogen-bond donors (Lipinski definition) is 2. The number of anilines is 2. The third-order valence-corrected chi connectivity index (χ3v) is 12.7. The molecule has 9 nitrogen and oxygen atoms in total. The van der Waals surface area contributed by atoms with Crippen molar-refractivity contribution in [3.05, 3.63) is 150 Å². The summed E-state index contributed by atoms with van der Waals surface area (Å²) < 4.78 is 1.49. The van der Waals surface area contributed by atoms with E-state index in [4.69, 9.17) is 12.2 Å². The third-order valence-electron chi connectivity index (χ3n) is 10.0. The molecular formula is C42H33N3O6S3. The molecule has 1 amide bonds. The lowest BCUT2D eigenvalue weighted by atomic mass is 9.95. The molecule has 2 fully saturated rings. The predicted octanol–water partition coefficient (Wildman–Crippen LogP) is 6.25. The summed E-state index contributed by atoms with van der Waals surface area (Å²) in [6.45, 7) is -1.28. The van der Waals surface area contributed by atoms with Gasteiger partial charge in [-0.25, -0.2) is 0 Å². The number of hydrogen-bond acceptors (Lipinski definition) is 8. The molecule has 8 rings (SSSR count). The number of fused-ring (bicyclic) bond motifs is 3. The highest BCUT2D eigenvalue weighted by Gasteiger charge is 2.42. The zero-order valence-electron chi connectivity index (χ0n) is 28.8. The largest absolute Gasteiger partial charge is 0.480 e. The van der Waals surface area contributed by atoms with E-state index >= 15 is 0 Å². The summed E-state index contributed by atoms with van der Waals surface area (Å²) >= 11 is 7.12. The van der Waals surface area contributed by atoms with Crippen LogP contribution >= 0.6 is 35.3 Å². The number of thioether (sulfide) groups is 1. The molecule has 3 aliphatic rings. The van der Waals surface area contributed by atoms with E-state index in [1.165, 1.54) is 5.56 Å². The van der Waals surface area contributed by atoms with Crippen molar-refractivity contribution >= 4 is 91.5 Å². The number of thiazole rings is 1. The highest BCUT2D eigenvalue weighted by Crippen LogP contribution is 2.52. The summed E-state index contributed by atoms with van der Waals surface area (Å²) in [6, 6.07) is 36.0. The van der Waals surface area contributed by atoms with Gasteiger partial charge in [0.05, 0.1) is 4.53 Å². The summed E-state index contributed by atoms with van der Waals surface area (Å²) in [4.78, 5) is 53.4. The van der Waals surface area contributed by atoms with Gasteiger partial charge in [0.1, 0.15) is 27.0 Å². The van der Waals surface area contributed by atoms with E-state index in [2.05, 4.69) is 95.9 Å². The lowest BCUT2D eigenvalue weighted by Gasteiger charge is -2.27. The minimum atomic E-state index is -1.24. The fraction of sp³-hybridized carbons (Fsp3) is 0.167. The maximum absolute atomic E-state index is 13.6. The Labute approximate surface area is 323 Å².